The number of benzene rings is 2. The molecule has 0 heterocycles. The largest absolute Gasteiger partial charge is 0.497 e. The number of methoxy groups -OCH3 is 3. The van der Waals surface area contributed by atoms with Crippen molar-refractivity contribution in [1.29, 1.82) is 0 Å². The minimum atomic E-state index is -1.04. The maximum Gasteiger partial charge on any atom is 0.312 e. The Hall–Kier alpha value is -3.22. The van der Waals surface area contributed by atoms with Crippen molar-refractivity contribution in [3.8, 4) is 17.2 Å². The van der Waals surface area contributed by atoms with Gasteiger partial charge in [-0.05, 0) is 47.9 Å². The number of carboxylic acids is 1. The van der Waals surface area contributed by atoms with Gasteiger partial charge in [0.1, 0.15) is 5.75 Å². The molecule has 0 aliphatic heterocycles. The van der Waals surface area contributed by atoms with Crippen LogP contribution in [-0.2, 0) is 16.0 Å². The number of carboxylic acid groups (broad SMARTS) is 1. The van der Waals surface area contributed by atoms with Crippen molar-refractivity contribution in [2.45, 2.75) is 19.3 Å². The molecule has 0 saturated heterocycles. The van der Waals surface area contributed by atoms with Gasteiger partial charge in [0.2, 0.25) is 5.91 Å². The van der Waals surface area contributed by atoms with Crippen LogP contribution < -0.4 is 19.5 Å². The van der Waals surface area contributed by atoms with Crippen LogP contribution in [0.15, 0.2) is 36.4 Å². The number of rotatable bonds is 9. The molecule has 0 fully saturated rings. The fourth-order valence-electron chi connectivity index (χ4n) is 2.93. The van der Waals surface area contributed by atoms with Crippen molar-refractivity contribution >= 4 is 11.9 Å². The van der Waals surface area contributed by atoms with Gasteiger partial charge in [0, 0.05) is 6.54 Å². The average Bonchev–Trinajstić information content (AvgIpc) is 2.67. The summed E-state index contributed by atoms with van der Waals surface area (Å²) in [6.07, 6.45) is 0.135. The Bertz CT molecular complexity index is 849. The van der Waals surface area contributed by atoms with E-state index in [9.17, 15) is 14.7 Å². The van der Waals surface area contributed by atoms with Crippen LogP contribution in [0.2, 0.25) is 0 Å². The summed E-state index contributed by atoms with van der Waals surface area (Å²) in [5.74, 6) is -0.589. The second-order valence-corrected chi connectivity index (χ2v) is 6.34. The Morgan fingerprint density at radius 1 is 1.00 bits per heavy atom. The zero-order valence-corrected chi connectivity index (χ0v) is 16.4. The molecular weight excluding hydrogens is 362 g/mol. The first-order valence-corrected chi connectivity index (χ1v) is 8.74. The van der Waals surface area contributed by atoms with E-state index in [1.165, 1.54) is 14.2 Å². The first kappa shape index (κ1) is 21.1. The summed E-state index contributed by atoms with van der Waals surface area (Å²) in [4.78, 5) is 24.0. The molecule has 0 saturated carbocycles. The predicted octanol–water partition coefficient (Wildman–Crippen LogP) is 2.55. The maximum absolute atomic E-state index is 12.3. The second-order valence-electron chi connectivity index (χ2n) is 6.34. The SMILES string of the molecule is COc1cc(C)cc(CC(=O)NCC(C(=O)O)c2ccc(OC)c(OC)c2)c1. The van der Waals surface area contributed by atoms with Gasteiger partial charge < -0.3 is 24.6 Å². The quantitative estimate of drug-likeness (QED) is 0.687. The van der Waals surface area contributed by atoms with E-state index < -0.39 is 11.9 Å². The molecular formula is C21H25NO6. The number of nitrogens with one attached hydrogen (secondary N) is 1. The summed E-state index contributed by atoms with van der Waals surface area (Å²) in [6, 6.07) is 10.5. The van der Waals surface area contributed by atoms with Gasteiger partial charge in [-0.2, -0.15) is 0 Å². The summed E-state index contributed by atoms with van der Waals surface area (Å²) in [5, 5.41) is 12.3. The molecule has 2 aromatic carbocycles. The van der Waals surface area contributed by atoms with Crippen LogP contribution in [0.1, 0.15) is 22.6 Å². The third-order valence-electron chi connectivity index (χ3n) is 4.32. The van der Waals surface area contributed by atoms with Crippen molar-refractivity contribution in [2.75, 3.05) is 27.9 Å². The zero-order chi connectivity index (χ0) is 20.7. The summed E-state index contributed by atoms with van der Waals surface area (Å²) < 4.78 is 15.6. The topological polar surface area (TPSA) is 94.1 Å². The van der Waals surface area contributed by atoms with Crippen LogP contribution >= 0.6 is 0 Å². The Labute approximate surface area is 164 Å². The lowest BCUT2D eigenvalue weighted by molar-refractivity contribution is -0.138. The van der Waals surface area contributed by atoms with Crippen molar-refractivity contribution in [2.24, 2.45) is 0 Å². The maximum atomic E-state index is 12.3. The summed E-state index contributed by atoms with van der Waals surface area (Å²) in [6.45, 7) is 1.88. The fourth-order valence-corrected chi connectivity index (χ4v) is 2.93. The Balaban J connectivity index is 2.08. The molecule has 0 bridgehead atoms. The number of carbonyl (C=O) groups excluding carboxylic acids is 1. The third kappa shape index (κ3) is 5.39. The lowest BCUT2D eigenvalue weighted by Gasteiger charge is -2.16. The Morgan fingerprint density at radius 2 is 1.71 bits per heavy atom. The van der Waals surface area contributed by atoms with E-state index in [0.29, 0.717) is 22.8 Å². The summed E-state index contributed by atoms with van der Waals surface area (Å²) in [7, 11) is 4.56. The van der Waals surface area contributed by atoms with Crippen LogP contribution in [0.3, 0.4) is 0 Å². The summed E-state index contributed by atoms with van der Waals surface area (Å²) >= 11 is 0. The van der Waals surface area contributed by atoms with E-state index in [-0.39, 0.29) is 18.9 Å². The van der Waals surface area contributed by atoms with Crippen LogP contribution in [0, 0.1) is 6.92 Å². The normalized spacial score (nSPS) is 11.4. The summed E-state index contributed by atoms with van der Waals surface area (Å²) in [5.41, 5.74) is 2.30. The molecule has 1 amide bonds. The number of hydrogen-bond donors (Lipinski definition) is 2. The highest BCUT2D eigenvalue weighted by Gasteiger charge is 2.22. The molecule has 0 aliphatic carbocycles. The molecule has 1 atom stereocenters. The number of amides is 1. The van der Waals surface area contributed by atoms with Gasteiger partial charge in [0.15, 0.2) is 11.5 Å². The predicted molar refractivity (Wildman–Crippen MR) is 104 cm³/mol. The molecule has 7 heteroatoms. The van der Waals surface area contributed by atoms with Gasteiger partial charge in [0.05, 0.1) is 33.7 Å². The van der Waals surface area contributed by atoms with Gasteiger partial charge in [0.25, 0.3) is 0 Å². The van der Waals surface area contributed by atoms with E-state index in [2.05, 4.69) is 5.32 Å². The molecule has 2 aromatic rings. The molecule has 150 valence electrons. The molecule has 2 rings (SSSR count). The Morgan fingerprint density at radius 3 is 2.32 bits per heavy atom. The van der Waals surface area contributed by atoms with E-state index in [4.69, 9.17) is 14.2 Å². The van der Waals surface area contributed by atoms with E-state index in [1.54, 1.807) is 31.4 Å². The van der Waals surface area contributed by atoms with E-state index in [1.807, 2.05) is 19.1 Å². The van der Waals surface area contributed by atoms with Gasteiger partial charge in [-0.25, -0.2) is 0 Å². The van der Waals surface area contributed by atoms with Crippen LogP contribution in [0.5, 0.6) is 17.2 Å². The van der Waals surface area contributed by atoms with Crippen molar-refractivity contribution in [3.63, 3.8) is 0 Å². The highest BCUT2D eigenvalue weighted by atomic mass is 16.5. The molecule has 0 radical (unpaired) electrons. The fraction of sp³-hybridized carbons (Fsp3) is 0.333. The van der Waals surface area contributed by atoms with Gasteiger partial charge >= 0.3 is 5.97 Å². The highest BCUT2D eigenvalue weighted by molar-refractivity contribution is 5.81. The second kappa shape index (κ2) is 9.64. The van der Waals surface area contributed by atoms with Crippen molar-refractivity contribution in [1.82, 2.24) is 5.32 Å². The van der Waals surface area contributed by atoms with Crippen molar-refractivity contribution in [3.05, 3.63) is 53.1 Å². The third-order valence-corrected chi connectivity index (χ3v) is 4.32. The minimum absolute atomic E-state index is 0.0351. The van der Waals surface area contributed by atoms with Gasteiger partial charge in [-0.1, -0.05) is 12.1 Å². The standard InChI is InChI=1S/C21H25NO6/c1-13-7-14(9-16(8-13)26-2)10-20(23)22-12-17(21(24)25)15-5-6-18(27-3)19(11-15)28-4/h5-9,11,17H,10,12H2,1-4H3,(H,22,23)(H,24,25). The highest BCUT2D eigenvalue weighted by Crippen LogP contribution is 2.30. The first-order valence-electron chi connectivity index (χ1n) is 8.74. The number of carbonyl (C=O) groups is 2. The number of hydrogen-bond acceptors (Lipinski definition) is 5. The smallest absolute Gasteiger partial charge is 0.312 e. The van der Waals surface area contributed by atoms with Crippen LogP contribution in [0.25, 0.3) is 0 Å². The van der Waals surface area contributed by atoms with E-state index in [0.717, 1.165) is 11.1 Å². The zero-order valence-electron chi connectivity index (χ0n) is 16.4. The number of aliphatic carboxylic acids is 1. The first-order chi connectivity index (χ1) is 13.4. The van der Waals surface area contributed by atoms with E-state index >= 15 is 0 Å². The monoisotopic (exact) mass is 387 g/mol. The van der Waals surface area contributed by atoms with Crippen LogP contribution in [-0.4, -0.2) is 44.9 Å². The molecule has 0 aromatic heterocycles. The minimum Gasteiger partial charge on any atom is -0.497 e. The average molecular weight is 387 g/mol. The molecule has 28 heavy (non-hydrogen) atoms. The molecule has 1 unspecified atom stereocenters. The number of ether oxygens (including phenoxy) is 3. The molecule has 7 nitrogen and oxygen atoms in total. The molecule has 2 N–H and O–H groups in total. The number of aryl methyl sites for hydroxylation is 1. The Kier molecular flexibility index (Phi) is 7.26. The molecule has 0 aliphatic rings. The lowest BCUT2D eigenvalue weighted by atomic mass is 9.98. The van der Waals surface area contributed by atoms with Crippen LogP contribution in [0.4, 0.5) is 0 Å². The molecule has 0 spiro atoms. The van der Waals surface area contributed by atoms with Gasteiger partial charge in [-0.15, -0.1) is 0 Å². The van der Waals surface area contributed by atoms with Crippen molar-refractivity contribution < 1.29 is 28.9 Å². The lowest BCUT2D eigenvalue weighted by Crippen LogP contribution is -2.32. The van der Waals surface area contributed by atoms with Gasteiger partial charge in [-0.3, -0.25) is 9.59 Å².